The normalized spacial score (nSPS) is 11.4. The lowest BCUT2D eigenvalue weighted by atomic mass is 10.1. The molecule has 0 aliphatic rings. The van der Waals surface area contributed by atoms with Gasteiger partial charge in [0.1, 0.15) is 11.4 Å². The number of aliphatic imine (C=N–C) groups is 1. The molecule has 1 amide bonds. The fourth-order valence-corrected chi connectivity index (χ4v) is 2.31. The maximum absolute atomic E-state index is 11.8. The molecule has 0 radical (unpaired) electrons. The molecule has 0 unspecified atom stereocenters. The number of benzene rings is 1. The van der Waals surface area contributed by atoms with E-state index in [0.29, 0.717) is 12.2 Å². The number of halogens is 1. The van der Waals surface area contributed by atoms with E-state index in [1.165, 1.54) is 0 Å². The van der Waals surface area contributed by atoms with Crippen molar-refractivity contribution >= 4 is 41.7 Å². The van der Waals surface area contributed by atoms with Gasteiger partial charge in [0.05, 0.1) is 12.8 Å². The molecular weight excluding hydrogens is 471 g/mol. The smallest absolute Gasteiger partial charge is 0.412 e. The van der Waals surface area contributed by atoms with Gasteiger partial charge in [-0.05, 0) is 57.0 Å². The molecule has 0 bridgehead atoms. The van der Waals surface area contributed by atoms with Gasteiger partial charge < -0.3 is 19.8 Å². The van der Waals surface area contributed by atoms with E-state index < -0.39 is 11.7 Å². The molecule has 0 fully saturated rings. The zero-order chi connectivity index (χ0) is 19.7. The molecule has 8 heteroatoms. The van der Waals surface area contributed by atoms with Gasteiger partial charge in [-0.25, -0.2) is 4.79 Å². The Morgan fingerprint density at radius 1 is 1.14 bits per heavy atom. The number of rotatable bonds is 6. The Kier molecular flexibility index (Phi) is 9.84. The fourth-order valence-electron chi connectivity index (χ4n) is 2.31. The van der Waals surface area contributed by atoms with Crippen LogP contribution in [0.3, 0.4) is 0 Å². The highest BCUT2D eigenvalue weighted by molar-refractivity contribution is 14.0. The fraction of sp³-hybridized carbons (Fsp3) is 0.400. The lowest BCUT2D eigenvalue weighted by Crippen LogP contribution is -2.37. The van der Waals surface area contributed by atoms with Crippen LogP contribution in [0.25, 0.3) is 0 Å². The Labute approximate surface area is 183 Å². The number of guanidine groups is 1. The van der Waals surface area contributed by atoms with Crippen LogP contribution in [0.15, 0.2) is 52.1 Å². The summed E-state index contributed by atoms with van der Waals surface area (Å²) in [4.78, 5) is 16.0. The van der Waals surface area contributed by atoms with Crippen molar-refractivity contribution in [2.45, 2.75) is 39.3 Å². The van der Waals surface area contributed by atoms with Crippen molar-refractivity contribution in [3.63, 3.8) is 0 Å². The SMILES string of the molecule is CN=C(NCCc1ccc(NC(=O)OC(C)(C)C)cc1)NCc1ccco1.I. The molecule has 0 saturated heterocycles. The van der Waals surface area contributed by atoms with Crippen LogP contribution in [0.5, 0.6) is 0 Å². The minimum atomic E-state index is -0.515. The molecule has 1 heterocycles. The molecule has 0 spiro atoms. The second kappa shape index (κ2) is 11.6. The third-order valence-electron chi connectivity index (χ3n) is 3.54. The van der Waals surface area contributed by atoms with Crippen molar-refractivity contribution in [3.05, 3.63) is 54.0 Å². The van der Waals surface area contributed by atoms with Gasteiger partial charge in [0.25, 0.3) is 0 Å². The summed E-state index contributed by atoms with van der Waals surface area (Å²) in [6.45, 7) is 6.81. The monoisotopic (exact) mass is 500 g/mol. The minimum absolute atomic E-state index is 0. The Morgan fingerprint density at radius 2 is 1.86 bits per heavy atom. The Bertz CT molecular complexity index is 738. The summed E-state index contributed by atoms with van der Waals surface area (Å²) in [5, 5.41) is 9.18. The maximum atomic E-state index is 11.8. The van der Waals surface area contributed by atoms with Crippen LogP contribution in [0, 0.1) is 0 Å². The maximum Gasteiger partial charge on any atom is 0.412 e. The first-order valence-electron chi connectivity index (χ1n) is 8.91. The van der Waals surface area contributed by atoms with Gasteiger partial charge in [-0.2, -0.15) is 0 Å². The summed E-state index contributed by atoms with van der Waals surface area (Å²) >= 11 is 0. The van der Waals surface area contributed by atoms with Crippen LogP contribution in [-0.4, -0.2) is 31.2 Å². The third-order valence-corrected chi connectivity index (χ3v) is 3.54. The predicted octanol–water partition coefficient (Wildman–Crippen LogP) is 4.15. The highest BCUT2D eigenvalue weighted by Gasteiger charge is 2.16. The molecule has 28 heavy (non-hydrogen) atoms. The van der Waals surface area contributed by atoms with E-state index in [0.717, 1.165) is 30.2 Å². The van der Waals surface area contributed by atoms with Crippen molar-refractivity contribution < 1.29 is 13.9 Å². The van der Waals surface area contributed by atoms with Gasteiger partial charge in [0, 0.05) is 19.3 Å². The topological polar surface area (TPSA) is 87.9 Å². The number of nitrogens with zero attached hydrogens (tertiary/aromatic N) is 1. The van der Waals surface area contributed by atoms with E-state index in [-0.39, 0.29) is 24.0 Å². The van der Waals surface area contributed by atoms with Crippen molar-refractivity contribution in [2.75, 3.05) is 18.9 Å². The van der Waals surface area contributed by atoms with Gasteiger partial charge in [0.2, 0.25) is 0 Å². The first-order valence-corrected chi connectivity index (χ1v) is 8.91. The molecule has 154 valence electrons. The molecule has 1 aromatic heterocycles. The Hall–Kier alpha value is -2.23. The molecular formula is C20H29IN4O3. The number of hydrogen-bond acceptors (Lipinski definition) is 4. The molecule has 0 saturated carbocycles. The standard InChI is InChI=1S/C20H28N4O3.HI/c1-20(2,3)27-19(25)24-16-9-7-15(8-10-16)11-12-22-18(21-4)23-14-17-6-5-13-26-17;/h5-10,13H,11-12,14H2,1-4H3,(H,24,25)(H2,21,22,23);1H. The van der Waals surface area contributed by atoms with Crippen molar-refractivity contribution in [1.82, 2.24) is 10.6 Å². The Morgan fingerprint density at radius 3 is 2.43 bits per heavy atom. The van der Waals surface area contributed by atoms with Crippen LogP contribution in [0.1, 0.15) is 32.1 Å². The second-order valence-electron chi connectivity index (χ2n) is 7.01. The molecule has 0 aliphatic carbocycles. The van der Waals surface area contributed by atoms with Crippen molar-refractivity contribution in [3.8, 4) is 0 Å². The van der Waals surface area contributed by atoms with Crippen LogP contribution in [-0.2, 0) is 17.7 Å². The highest BCUT2D eigenvalue weighted by atomic mass is 127. The largest absolute Gasteiger partial charge is 0.467 e. The molecule has 2 aromatic rings. The molecule has 3 N–H and O–H groups in total. The number of amides is 1. The first-order chi connectivity index (χ1) is 12.9. The summed E-state index contributed by atoms with van der Waals surface area (Å²) in [5.41, 5.74) is 1.34. The summed E-state index contributed by atoms with van der Waals surface area (Å²) in [6, 6.07) is 11.5. The van der Waals surface area contributed by atoms with E-state index in [4.69, 9.17) is 9.15 Å². The van der Waals surface area contributed by atoms with Crippen LogP contribution in [0.4, 0.5) is 10.5 Å². The lowest BCUT2D eigenvalue weighted by molar-refractivity contribution is 0.0636. The Balaban J connectivity index is 0.00000392. The zero-order valence-electron chi connectivity index (χ0n) is 16.7. The van der Waals surface area contributed by atoms with Crippen LogP contribution in [0.2, 0.25) is 0 Å². The molecule has 0 atom stereocenters. The predicted molar refractivity (Wildman–Crippen MR) is 122 cm³/mol. The minimum Gasteiger partial charge on any atom is -0.467 e. The van der Waals surface area contributed by atoms with Crippen LogP contribution < -0.4 is 16.0 Å². The van der Waals surface area contributed by atoms with Gasteiger partial charge >= 0.3 is 6.09 Å². The number of anilines is 1. The molecule has 2 rings (SSSR count). The quantitative estimate of drug-likeness (QED) is 0.315. The third kappa shape index (κ3) is 9.12. The summed E-state index contributed by atoms with van der Waals surface area (Å²) < 4.78 is 10.5. The lowest BCUT2D eigenvalue weighted by Gasteiger charge is -2.19. The van der Waals surface area contributed by atoms with E-state index in [1.54, 1.807) is 13.3 Å². The molecule has 1 aromatic carbocycles. The average molecular weight is 500 g/mol. The zero-order valence-corrected chi connectivity index (χ0v) is 19.1. The van der Waals surface area contributed by atoms with E-state index in [2.05, 4.69) is 20.9 Å². The first kappa shape index (κ1) is 23.8. The van der Waals surface area contributed by atoms with E-state index >= 15 is 0 Å². The number of hydrogen-bond donors (Lipinski definition) is 3. The van der Waals surface area contributed by atoms with Gasteiger partial charge in [0.15, 0.2) is 5.96 Å². The number of carbonyl (C=O) groups is 1. The van der Waals surface area contributed by atoms with Crippen LogP contribution >= 0.6 is 24.0 Å². The van der Waals surface area contributed by atoms with E-state index in [1.807, 2.05) is 57.2 Å². The van der Waals surface area contributed by atoms with Gasteiger partial charge in [-0.3, -0.25) is 10.3 Å². The van der Waals surface area contributed by atoms with Crippen molar-refractivity contribution in [1.29, 1.82) is 0 Å². The second-order valence-corrected chi connectivity index (χ2v) is 7.01. The number of carbonyl (C=O) groups excluding carboxylic acids is 1. The van der Waals surface area contributed by atoms with Gasteiger partial charge in [-0.15, -0.1) is 24.0 Å². The number of furan rings is 1. The van der Waals surface area contributed by atoms with Gasteiger partial charge in [-0.1, -0.05) is 12.1 Å². The average Bonchev–Trinajstić information content (AvgIpc) is 3.11. The van der Waals surface area contributed by atoms with Crippen molar-refractivity contribution in [2.24, 2.45) is 4.99 Å². The summed E-state index contributed by atoms with van der Waals surface area (Å²) in [6.07, 6.45) is 2.02. The highest BCUT2D eigenvalue weighted by Crippen LogP contribution is 2.13. The molecule has 0 aliphatic heterocycles. The summed E-state index contributed by atoms with van der Waals surface area (Å²) in [5.74, 6) is 1.57. The summed E-state index contributed by atoms with van der Waals surface area (Å²) in [7, 11) is 1.73. The number of ether oxygens (including phenoxy) is 1. The number of nitrogens with one attached hydrogen (secondary N) is 3. The molecule has 7 nitrogen and oxygen atoms in total. The van der Waals surface area contributed by atoms with E-state index in [9.17, 15) is 4.79 Å².